The zero-order valence-corrected chi connectivity index (χ0v) is 17.6. The molecule has 0 bridgehead atoms. The summed E-state index contributed by atoms with van der Waals surface area (Å²) < 4.78 is 78.8. The lowest BCUT2D eigenvalue weighted by atomic mass is 9.80. The normalized spacial score (nSPS) is 19.6. The molecule has 0 spiro atoms. The van der Waals surface area contributed by atoms with Crippen LogP contribution in [0, 0.1) is 12.8 Å². The molecule has 3 rings (SSSR count). The van der Waals surface area contributed by atoms with E-state index in [1.54, 1.807) is 0 Å². The van der Waals surface area contributed by atoms with Gasteiger partial charge in [0.2, 0.25) is 5.91 Å². The van der Waals surface area contributed by atoms with Gasteiger partial charge in [0.15, 0.2) is 0 Å². The number of benzene rings is 2. The van der Waals surface area contributed by atoms with Crippen molar-refractivity contribution in [3.05, 3.63) is 70.3 Å². The second-order valence-electron chi connectivity index (χ2n) is 8.23. The van der Waals surface area contributed by atoms with Crippen molar-refractivity contribution in [3.8, 4) is 0 Å². The fourth-order valence-corrected chi connectivity index (χ4v) is 4.15. The van der Waals surface area contributed by atoms with E-state index in [2.05, 4.69) is 5.32 Å². The van der Waals surface area contributed by atoms with Crippen molar-refractivity contribution in [1.82, 2.24) is 10.2 Å². The molecule has 1 N–H and O–H groups in total. The Morgan fingerprint density at radius 1 is 1.03 bits per heavy atom. The fourth-order valence-electron chi connectivity index (χ4n) is 4.15. The van der Waals surface area contributed by atoms with E-state index in [1.807, 2.05) is 31.2 Å². The van der Waals surface area contributed by atoms with Gasteiger partial charge in [0.25, 0.3) is 0 Å². The number of hydrogen-bond acceptors (Lipinski definition) is 2. The van der Waals surface area contributed by atoms with E-state index in [4.69, 9.17) is 0 Å². The van der Waals surface area contributed by atoms with Crippen molar-refractivity contribution in [2.24, 2.45) is 5.92 Å². The second-order valence-corrected chi connectivity index (χ2v) is 8.23. The topological polar surface area (TPSA) is 32.3 Å². The molecule has 0 saturated carbocycles. The van der Waals surface area contributed by atoms with Gasteiger partial charge in [-0.1, -0.05) is 29.8 Å². The zero-order chi connectivity index (χ0) is 23.7. The zero-order valence-electron chi connectivity index (χ0n) is 17.6. The summed E-state index contributed by atoms with van der Waals surface area (Å²) >= 11 is 0. The highest BCUT2D eigenvalue weighted by Crippen LogP contribution is 2.37. The largest absolute Gasteiger partial charge is 0.416 e. The minimum absolute atomic E-state index is 0.0892. The summed E-state index contributed by atoms with van der Waals surface area (Å²) in [5.41, 5.74) is -0.979. The number of halogens is 6. The smallest absolute Gasteiger partial charge is 0.341 e. The summed E-state index contributed by atoms with van der Waals surface area (Å²) in [7, 11) is 1.41. The molecular weight excluding hydrogens is 434 g/mol. The van der Waals surface area contributed by atoms with Crippen LogP contribution in [0.4, 0.5) is 26.3 Å². The summed E-state index contributed by atoms with van der Waals surface area (Å²) in [5, 5.41) is 3.25. The van der Waals surface area contributed by atoms with Crippen LogP contribution in [-0.2, 0) is 23.7 Å². The Hall–Kier alpha value is -2.55. The molecule has 1 heterocycles. The van der Waals surface area contributed by atoms with Crippen molar-refractivity contribution >= 4 is 5.91 Å². The van der Waals surface area contributed by atoms with Crippen molar-refractivity contribution in [3.63, 3.8) is 0 Å². The minimum atomic E-state index is -4.93. The number of carbonyl (C=O) groups is 1. The van der Waals surface area contributed by atoms with Crippen LogP contribution in [0.2, 0.25) is 0 Å². The lowest BCUT2D eigenvalue weighted by molar-refractivity contribution is -0.143. The molecule has 1 fully saturated rings. The summed E-state index contributed by atoms with van der Waals surface area (Å²) in [6.45, 7) is 2.76. The molecule has 9 heteroatoms. The lowest BCUT2D eigenvalue weighted by Gasteiger charge is -2.34. The van der Waals surface area contributed by atoms with E-state index in [9.17, 15) is 31.1 Å². The SMILES string of the molecule is Cc1cccc([C@@H]2CNCC[C@H]2C(=O)N(C)Cc2cc(C(F)(F)F)cc(C(F)(F)F)c2)c1. The predicted octanol–water partition coefficient (Wildman–Crippen LogP) is 5.38. The van der Waals surface area contributed by atoms with Gasteiger partial charge in [0.1, 0.15) is 0 Å². The number of aryl methyl sites for hydroxylation is 1. The molecule has 0 radical (unpaired) electrons. The van der Waals surface area contributed by atoms with Gasteiger partial charge in [0, 0.05) is 32.0 Å². The van der Waals surface area contributed by atoms with E-state index < -0.39 is 29.4 Å². The highest BCUT2D eigenvalue weighted by Gasteiger charge is 2.38. The minimum Gasteiger partial charge on any atom is -0.341 e. The highest BCUT2D eigenvalue weighted by atomic mass is 19.4. The number of nitrogens with one attached hydrogen (secondary N) is 1. The molecule has 1 saturated heterocycles. The maximum absolute atomic E-state index is 13.2. The first-order valence-corrected chi connectivity index (χ1v) is 10.2. The van der Waals surface area contributed by atoms with Crippen LogP contribution >= 0.6 is 0 Å². The van der Waals surface area contributed by atoms with E-state index in [0.717, 1.165) is 11.1 Å². The fraction of sp³-hybridized carbons (Fsp3) is 0.435. The van der Waals surface area contributed by atoms with Crippen molar-refractivity contribution < 1.29 is 31.1 Å². The van der Waals surface area contributed by atoms with Crippen LogP contribution in [0.25, 0.3) is 0 Å². The summed E-state index contributed by atoms with van der Waals surface area (Å²) in [5.74, 6) is -0.856. The first kappa shape index (κ1) is 24.1. The Bertz CT molecular complexity index is 937. The van der Waals surface area contributed by atoms with Crippen LogP contribution in [0.5, 0.6) is 0 Å². The maximum atomic E-state index is 13.2. The van der Waals surface area contributed by atoms with Gasteiger partial charge in [-0.3, -0.25) is 4.79 Å². The Kier molecular flexibility index (Phi) is 6.88. The van der Waals surface area contributed by atoms with Crippen LogP contribution in [0.1, 0.15) is 40.2 Å². The number of alkyl halides is 6. The Morgan fingerprint density at radius 2 is 1.66 bits per heavy atom. The van der Waals surface area contributed by atoms with E-state index in [0.29, 0.717) is 31.6 Å². The highest BCUT2D eigenvalue weighted by molar-refractivity contribution is 5.80. The van der Waals surface area contributed by atoms with E-state index >= 15 is 0 Å². The van der Waals surface area contributed by atoms with Gasteiger partial charge in [-0.15, -0.1) is 0 Å². The number of nitrogens with zero attached hydrogens (tertiary/aromatic N) is 1. The number of piperidine rings is 1. The van der Waals surface area contributed by atoms with Crippen LogP contribution < -0.4 is 5.32 Å². The number of hydrogen-bond donors (Lipinski definition) is 1. The molecular formula is C23H24F6N2O. The van der Waals surface area contributed by atoms with E-state index in [-0.39, 0.29) is 30.0 Å². The molecule has 32 heavy (non-hydrogen) atoms. The molecule has 0 unspecified atom stereocenters. The van der Waals surface area contributed by atoms with Gasteiger partial charge >= 0.3 is 12.4 Å². The molecule has 0 aromatic heterocycles. The van der Waals surface area contributed by atoms with Gasteiger partial charge < -0.3 is 10.2 Å². The van der Waals surface area contributed by atoms with Crippen molar-refractivity contribution in [2.75, 3.05) is 20.1 Å². The molecule has 1 aliphatic heterocycles. The second kappa shape index (κ2) is 9.13. The number of amides is 1. The number of carbonyl (C=O) groups excluding carboxylic acids is 1. The average molecular weight is 458 g/mol. The summed E-state index contributed by atoms with van der Waals surface area (Å²) in [6.07, 6.45) is -9.33. The van der Waals surface area contributed by atoms with Crippen molar-refractivity contribution in [1.29, 1.82) is 0 Å². The monoisotopic (exact) mass is 458 g/mol. The Labute approximate surface area is 182 Å². The van der Waals surface area contributed by atoms with Gasteiger partial charge in [-0.05, 0) is 49.2 Å². The standard InChI is InChI=1S/C23H24F6N2O/c1-14-4-3-5-16(8-14)20-12-30-7-6-19(20)21(32)31(2)13-15-9-17(22(24,25)26)11-18(10-15)23(27,28)29/h3-5,8-11,19-20,30H,6-7,12-13H2,1-2H3/t19-,20+/m1/s1. The molecule has 1 aliphatic rings. The molecule has 2 atom stereocenters. The third-order valence-electron chi connectivity index (χ3n) is 5.71. The Balaban J connectivity index is 1.85. The van der Waals surface area contributed by atoms with Crippen molar-refractivity contribution in [2.45, 2.75) is 38.2 Å². The maximum Gasteiger partial charge on any atom is 0.416 e. The third-order valence-corrected chi connectivity index (χ3v) is 5.71. The summed E-state index contributed by atoms with van der Waals surface area (Å²) in [4.78, 5) is 14.4. The molecule has 0 aliphatic carbocycles. The lowest BCUT2D eigenvalue weighted by Crippen LogP contribution is -2.43. The van der Waals surface area contributed by atoms with E-state index in [1.165, 1.54) is 11.9 Å². The first-order valence-electron chi connectivity index (χ1n) is 10.2. The molecule has 174 valence electrons. The Morgan fingerprint density at radius 3 is 2.22 bits per heavy atom. The van der Waals surface area contributed by atoms with Crippen LogP contribution in [0.15, 0.2) is 42.5 Å². The van der Waals surface area contributed by atoms with Gasteiger partial charge in [-0.2, -0.15) is 26.3 Å². The third kappa shape index (κ3) is 5.62. The first-order chi connectivity index (χ1) is 14.9. The van der Waals surface area contributed by atoms with Gasteiger partial charge in [0.05, 0.1) is 11.1 Å². The van der Waals surface area contributed by atoms with Crippen LogP contribution in [-0.4, -0.2) is 30.9 Å². The molecule has 2 aromatic rings. The molecule has 3 nitrogen and oxygen atoms in total. The van der Waals surface area contributed by atoms with Gasteiger partial charge in [-0.25, -0.2) is 0 Å². The quantitative estimate of drug-likeness (QED) is 0.624. The average Bonchev–Trinajstić information content (AvgIpc) is 2.71. The molecule has 2 aromatic carbocycles. The number of rotatable bonds is 4. The summed E-state index contributed by atoms with van der Waals surface area (Å²) in [6, 6.07) is 9.17. The molecule has 1 amide bonds. The predicted molar refractivity (Wildman–Crippen MR) is 108 cm³/mol. The van der Waals surface area contributed by atoms with Crippen LogP contribution in [0.3, 0.4) is 0 Å².